The zero-order valence-electron chi connectivity index (χ0n) is 16.6. The Labute approximate surface area is 175 Å². The van der Waals surface area contributed by atoms with Gasteiger partial charge in [0.1, 0.15) is 17.3 Å². The van der Waals surface area contributed by atoms with Crippen LogP contribution in [0, 0.1) is 5.82 Å². The number of nitrogens with one attached hydrogen (secondary N) is 1. The van der Waals surface area contributed by atoms with Gasteiger partial charge in [0.15, 0.2) is 0 Å². The Hall–Kier alpha value is -3.38. The molecule has 3 aromatic rings. The fraction of sp³-hybridized carbons (Fsp3) is 0.208. The number of ether oxygens (including phenoxy) is 1. The van der Waals surface area contributed by atoms with Crippen molar-refractivity contribution in [3.05, 3.63) is 90.2 Å². The lowest BCUT2D eigenvalue weighted by Crippen LogP contribution is -2.49. The molecule has 0 saturated carbocycles. The molecule has 2 amide bonds. The molecule has 0 aliphatic carbocycles. The van der Waals surface area contributed by atoms with Crippen molar-refractivity contribution in [2.45, 2.75) is 6.54 Å². The topological polar surface area (TPSA) is 44.8 Å². The molecule has 1 aliphatic heterocycles. The first kappa shape index (κ1) is 19.9. The van der Waals surface area contributed by atoms with Gasteiger partial charge in [-0.15, -0.1) is 0 Å². The van der Waals surface area contributed by atoms with Crippen LogP contribution in [0.3, 0.4) is 0 Å². The second kappa shape index (κ2) is 9.41. The largest absolute Gasteiger partial charge is 0.457 e. The van der Waals surface area contributed by atoms with E-state index in [2.05, 4.69) is 10.2 Å². The van der Waals surface area contributed by atoms with Crippen molar-refractivity contribution in [3.63, 3.8) is 0 Å². The molecule has 1 saturated heterocycles. The van der Waals surface area contributed by atoms with Crippen molar-refractivity contribution >= 4 is 11.7 Å². The van der Waals surface area contributed by atoms with Crippen LogP contribution in [0.5, 0.6) is 11.5 Å². The van der Waals surface area contributed by atoms with Crippen LogP contribution in [0.4, 0.5) is 14.9 Å². The summed E-state index contributed by atoms with van der Waals surface area (Å²) < 4.78 is 19.1. The Morgan fingerprint density at radius 2 is 1.57 bits per heavy atom. The van der Waals surface area contributed by atoms with E-state index in [9.17, 15) is 9.18 Å². The highest BCUT2D eigenvalue weighted by Crippen LogP contribution is 2.23. The predicted molar refractivity (Wildman–Crippen MR) is 115 cm³/mol. The molecule has 0 radical (unpaired) electrons. The summed E-state index contributed by atoms with van der Waals surface area (Å²) in [6.07, 6.45) is 0. The number of rotatable bonds is 5. The molecule has 1 fully saturated rings. The van der Waals surface area contributed by atoms with Crippen molar-refractivity contribution in [3.8, 4) is 11.5 Å². The van der Waals surface area contributed by atoms with E-state index in [0.29, 0.717) is 24.6 Å². The molecule has 154 valence electrons. The standard InChI is InChI=1S/C24H24FN3O2/c25-20-7-5-11-23(17-20)30-22-10-4-6-19(16-22)18-27-12-14-28(15-13-27)24(29)26-21-8-2-1-3-9-21/h1-11,16-17H,12-15,18H2,(H,26,29). The van der Waals surface area contributed by atoms with Crippen molar-refractivity contribution in [1.82, 2.24) is 9.80 Å². The van der Waals surface area contributed by atoms with Crippen LogP contribution in [0.25, 0.3) is 0 Å². The van der Waals surface area contributed by atoms with Gasteiger partial charge in [-0.2, -0.15) is 0 Å². The summed E-state index contributed by atoms with van der Waals surface area (Å²) in [6, 6.07) is 23.4. The molecule has 5 nitrogen and oxygen atoms in total. The van der Waals surface area contributed by atoms with Gasteiger partial charge in [-0.3, -0.25) is 4.90 Å². The summed E-state index contributed by atoms with van der Waals surface area (Å²) in [4.78, 5) is 16.6. The first-order valence-electron chi connectivity index (χ1n) is 10.0. The minimum Gasteiger partial charge on any atom is -0.457 e. The Morgan fingerprint density at radius 1 is 0.867 bits per heavy atom. The average molecular weight is 405 g/mol. The number of carbonyl (C=O) groups is 1. The number of benzene rings is 3. The van der Waals surface area contributed by atoms with Gasteiger partial charge in [-0.1, -0.05) is 36.4 Å². The van der Waals surface area contributed by atoms with E-state index >= 15 is 0 Å². The molecule has 1 aliphatic rings. The highest BCUT2D eigenvalue weighted by molar-refractivity contribution is 5.89. The number of halogens is 1. The molecule has 0 unspecified atom stereocenters. The molecule has 1 heterocycles. The number of hydrogen-bond acceptors (Lipinski definition) is 3. The van der Waals surface area contributed by atoms with Gasteiger partial charge >= 0.3 is 6.03 Å². The summed E-state index contributed by atoms with van der Waals surface area (Å²) in [5.41, 5.74) is 1.92. The van der Waals surface area contributed by atoms with E-state index < -0.39 is 0 Å². The second-order valence-electron chi connectivity index (χ2n) is 7.27. The van der Waals surface area contributed by atoms with Crippen LogP contribution in [0.1, 0.15) is 5.56 Å². The molecular weight excluding hydrogens is 381 g/mol. The Bertz CT molecular complexity index is 989. The smallest absolute Gasteiger partial charge is 0.321 e. The van der Waals surface area contributed by atoms with Crippen LogP contribution in [-0.2, 0) is 6.54 Å². The van der Waals surface area contributed by atoms with E-state index in [0.717, 1.165) is 30.9 Å². The van der Waals surface area contributed by atoms with E-state index in [4.69, 9.17) is 4.74 Å². The Morgan fingerprint density at radius 3 is 2.30 bits per heavy atom. The van der Waals surface area contributed by atoms with Gasteiger partial charge in [-0.05, 0) is 42.0 Å². The third kappa shape index (κ3) is 5.36. The monoisotopic (exact) mass is 405 g/mol. The van der Waals surface area contributed by atoms with Gasteiger partial charge in [0.25, 0.3) is 0 Å². The van der Waals surface area contributed by atoms with E-state index in [-0.39, 0.29) is 11.8 Å². The molecule has 3 aromatic carbocycles. The molecule has 4 rings (SSSR count). The normalized spacial score (nSPS) is 14.4. The Balaban J connectivity index is 1.29. The van der Waals surface area contributed by atoms with E-state index in [1.165, 1.54) is 12.1 Å². The summed E-state index contributed by atoms with van der Waals surface area (Å²) in [5, 5.41) is 2.94. The highest BCUT2D eigenvalue weighted by Gasteiger charge is 2.21. The summed E-state index contributed by atoms with van der Waals surface area (Å²) >= 11 is 0. The van der Waals surface area contributed by atoms with Gasteiger partial charge < -0.3 is 15.0 Å². The maximum atomic E-state index is 13.3. The van der Waals surface area contributed by atoms with Crippen LogP contribution in [0.15, 0.2) is 78.9 Å². The summed E-state index contributed by atoms with van der Waals surface area (Å²) in [5.74, 6) is 0.835. The number of nitrogens with zero attached hydrogens (tertiary/aromatic N) is 2. The maximum Gasteiger partial charge on any atom is 0.321 e. The average Bonchev–Trinajstić information content (AvgIpc) is 2.75. The number of anilines is 1. The number of amides is 2. The van der Waals surface area contributed by atoms with Gasteiger partial charge in [0, 0.05) is 44.5 Å². The molecule has 6 heteroatoms. The van der Waals surface area contributed by atoms with Gasteiger partial charge in [0.2, 0.25) is 0 Å². The van der Waals surface area contributed by atoms with Crippen molar-refractivity contribution in [1.29, 1.82) is 0 Å². The second-order valence-corrected chi connectivity index (χ2v) is 7.27. The zero-order chi connectivity index (χ0) is 20.8. The molecule has 0 bridgehead atoms. The lowest BCUT2D eigenvalue weighted by atomic mass is 10.2. The zero-order valence-corrected chi connectivity index (χ0v) is 16.6. The van der Waals surface area contributed by atoms with Gasteiger partial charge in [-0.25, -0.2) is 9.18 Å². The summed E-state index contributed by atoms with van der Waals surface area (Å²) in [7, 11) is 0. The number of hydrogen-bond donors (Lipinski definition) is 1. The molecule has 0 aromatic heterocycles. The van der Waals surface area contributed by atoms with E-state index in [1.807, 2.05) is 59.5 Å². The minimum absolute atomic E-state index is 0.0636. The fourth-order valence-corrected chi connectivity index (χ4v) is 3.47. The fourth-order valence-electron chi connectivity index (χ4n) is 3.47. The number of carbonyl (C=O) groups excluding carboxylic acids is 1. The third-order valence-corrected chi connectivity index (χ3v) is 5.02. The highest BCUT2D eigenvalue weighted by atomic mass is 19.1. The molecule has 0 atom stereocenters. The SMILES string of the molecule is O=C(Nc1ccccc1)N1CCN(Cc2cccc(Oc3cccc(F)c3)c2)CC1. The number of para-hydroxylation sites is 1. The molecular formula is C24H24FN3O2. The van der Waals surface area contributed by atoms with Crippen molar-refractivity contribution in [2.75, 3.05) is 31.5 Å². The summed E-state index contributed by atoms with van der Waals surface area (Å²) in [6.45, 7) is 3.74. The van der Waals surface area contributed by atoms with Crippen LogP contribution < -0.4 is 10.1 Å². The van der Waals surface area contributed by atoms with Crippen molar-refractivity contribution < 1.29 is 13.9 Å². The van der Waals surface area contributed by atoms with Crippen LogP contribution >= 0.6 is 0 Å². The number of piperazine rings is 1. The quantitative estimate of drug-likeness (QED) is 0.652. The van der Waals surface area contributed by atoms with Crippen LogP contribution in [-0.4, -0.2) is 42.0 Å². The third-order valence-electron chi connectivity index (χ3n) is 5.02. The van der Waals surface area contributed by atoms with Gasteiger partial charge in [0.05, 0.1) is 0 Å². The van der Waals surface area contributed by atoms with Crippen molar-refractivity contribution in [2.24, 2.45) is 0 Å². The lowest BCUT2D eigenvalue weighted by Gasteiger charge is -2.34. The molecule has 30 heavy (non-hydrogen) atoms. The Kier molecular flexibility index (Phi) is 6.25. The maximum absolute atomic E-state index is 13.3. The van der Waals surface area contributed by atoms with E-state index in [1.54, 1.807) is 12.1 Å². The number of urea groups is 1. The minimum atomic E-state index is -0.321. The first-order valence-corrected chi connectivity index (χ1v) is 10.0. The first-order chi connectivity index (χ1) is 14.7. The lowest BCUT2D eigenvalue weighted by molar-refractivity contribution is 0.143. The van der Waals surface area contributed by atoms with Crippen LogP contribution in [0.2, 0.25) is 0 Å². The molecule has 1 N–H and O–H groups in total. The molecule has 0 spiro atoms. The predicted octanol–water partition coefficient (Wildman–Crippen LogP) is 4.97.